The molecule has 0 spiro atoms. The summed E-state index contributed by atoms with van der Waals surface area (Å²) < 4.78 is 44.0. The predicted octanol–water partition coefficient (Wildman–Crippen LogP) is -1.13. The average molecular weight is 335 g/mol. The molecule has 0 amide bonds. The van der Waals surface area contributed by atoms with E-state index in [-0.39, 0.29) is 41.1 Å². The molecule has 1 aliphatic heterocycles. The van der Waals surface area contributed by atoms with Crippen LogP contribution in [0.5, 0.6) is 11.5 Å². The molecule has 0 fully saturated rings. The minimum absolute atomic E-state index is 0. The van der Waals surface area contributed by atoms with E-state index < -0.39 is 16.3 Å². The van der Waals surface area contributed by atoms with Gasteiger partial charge in [-0.05, 0) is 18.2 Å². The normalized spacial score (nSPS) is 16.9. The molecule has 0 saturated carbocycles. The number of ether oxygens (including phenoxy) is 2. The molecule has 1 aromatic carbocycles. The second kappa shape index (κ2) is 6.55. The maximum atomic E-state index is 11.0. The van der Waals surface area contributed by atoms with E-state index in [4.69, 9.17) is 9.47 Å². The molecule has 6 nitrogen and oxygen atoms in total. The summed E-state index contributed by atoms with van der Waals surface area (Å²) in [5, 5.41) is 6.64. The molecule has 1 aliphatic rings. The van der Waals surface area contributed by atoms with Gasteiger partial charge < -0.3 is 19.3 Å². The van der Waals surface area contributed by atoms with Crippen LogP contribution in [0.25, 0.3) is 0 Å². The third-order valence-corrected chi connectivity index (χ3v) is 4.23. The molecule has 0 saturated heterocycles. The Bertz CT molecular complexity index is 731. The van der Waals surface area contributed by atoms with E-state index in [0.29, 0.717) is 17.2 Å². The minimum atomic E-state index is -4.47. The molecule has 1 atom stereocenters. The molecule has 21 heavy (non-hydrogen) atoms. The quantitative estimate of drug-likeness (QED) is 0.564. The van der Waals surface area contributed by atoms with E-state index in [1.165, 1.54) is 29.5 Å². The van der Waals surface area contributed by atoms with Crippen molar-refractivity contribution in [2.45, 2.75) is 11.1 Å². The van der Waals surface area contributed by atoms with Gasteiger partial charge in [-0.25, -0.2) is 8.42 Å². The zero-order valence-corrected chi connectivity index (χ0v) is 14.7. The Morgan fingerprint density at radius 1 is 1.29 bits per heavy atom. The van der Waals surface area contributed by atoms with Gasteiger partial charge >= 0.3 is 29.6 Å². The van der Waals surface area contributed by atoms with Crippen molar-refractivity contribution >= 4 is 27.1 Å². The fraction of sp³-hybridized carbons (Fsp3) is 0.167. The smallest absolute Gasteiger partial charge is 0.744 e. The number of rotatable bonds is 3. The fourth-order valence-corrected chi connectivity index (χ4v) is 3.00. The van der Waals surface area contributed by atoms with Crippen molar-refractivity contribution in [1.82, 2.24) is 0 Å². The van der Waals surface area contributed by atoms with Crippen molar-refractivity contribution in [2.24, 2.45) is 0 Å². The van der Waals surface area contributed by atoms with Gasteiger partial charge in [0.25, 0.3) is 0 Å². The molecule has 106 valence electrons. The zero-order chi connectivity index (χ0) is 14.2. The number of anilines is 1. The number of hydrogen-bond acceptors (Lipinski definition) is 7. The van der Waals surface area contributed by atoms with Crippen molar-refractivity contribution in [3.05, 3.63) is 35.0 Å². The van der Waals surface area contributed by atoms with Gasteiger partial charge in [0.15, 0.2) is 11.5 Å². The predicted molar refractivity (Wildman–Crippen MR) is 72.3 cm³/mol. The average Bonchev–Trinajstić information content (AvgIpc) is 2.85. The van der Waals surface area contributed by atoms with E-state index in [1.807, 2.05) is 10.8 Å². The molecule has 0 aliphatic carbocycles. The van der Waals surface area contributed by atoms with Crippen LogP contribution in [0.15, 0.2) is 39.9 Å². The standard InChI is InChI=1S/C12H11NO5S2.Na/c14-20(15,16)9-3-1-2-8(4-9)13-12-5-17-10-6-19-7-11(10)18-12;/h1-4,6-7,12-13H,5H2,(H,14,15,16);/q;+1/p-1. The van der Waals surface area contributed by atoms with Crippen molar-refractivity contribution in [1.29, 1.82) is 0 Å². The van der Waals surface area contributed by atoms with Crippen LogP contribution in [0, 0.1) is 0 Å². The number of benzene rings is 1. The fourth-order valence-electron chi connectivity index (χ4n) is 1.82. The van der Waals surface area contributed by atoms with E-state index in [0.717, 1.165) is 0 Å². The van der Waals surface area contributed by atoms with Crippen molar-refractivity contribution in [3.63, 3.8) is 0 Å². The van der Waals surface area contributed by atoms with Crippen molar-refractivity contribution in [2.75, 3.05) is 11.9 Å². The number of hydrogen-bond donors (Lipinski definition) is 1. The third kappa shape index (κ3) is 3.91. The molecule has 1 N–H and O–H groups in total. The maximum absolute atomic E-state index is 11.0. The second-order valence-electron chi connectivity index (χ2n) is 4.14. The Labute approximate surface area is 148 Å². The first kappa shape index (κ1) is 16.6. The van der Waals surface area contributed by atoms with Gasteiger partial charge in [0.05, 0.1) is 4.90 Å². The Kier molecular flexibility index (Phi) is 5.18. The first-order chi connectivity index (χ1) is 9.52. The van der Waals surface area contributed by atoms with Gasteiger partial charge in [-0.2, -0.15) is 0 Å². The molecule has 2 heterocycles. The molecule has 9 heteroatoms. The Morgan fingerprint density at radius 3 is 2.81 bits per heavy atom. The summed E-state index contributed by atoms with van der Waals surface area (Å²) in [5.74, 6) is 1.34. The van der Waals surface area contributed by atoms with Gasteiger partial charge in [-0.3, -0.25) is 0 Å². The van der Waals surface area contributed by atoms with Crippen LogP contribution in [0.2, 0.25) is 0 Å². The molecular formula is C12H10NNaO5S2. The van der Waals surface area contributed by atoms with Gasteiger partial charge in [0, 0.05) is 16.4 Å². The maximum Gasteiger partial charge on any atom is 1.00 e. The molecule has 0 radical (unpaired) electrons. The molecule has 1 aromatic heterocycles. The third-order valence-electron chi connectivity index (χ3n) is 2.70. The van der Waals surface area contributed by atoms with E-state index in [9.17, 15) is 13.0 Å². The van der Waals surface area contributed by atoms with Crippen LogP contribution in [0.1, 0.15) is 0 Å². The summed E-state index contributed by atoms with van der Waals surface area (Å²) in [4.78, 5) is -0.282. The SMILES string of the molecule is O=S(=O)([O-])c1cccc(NC2COc3cscc3O2)c1.[Na+]. The van der Waals surface area contributed by atoms with Crippen molar-refractivity contribution in [3.8, 4) is 11.5 Å². The topological polar surface area (TPSA) is 87.7 Å². The van der Waals surface area contributed by atoms with E-state index in [2.05, 4.69) is 5.32 Å². The molecule has 0 bridgehead atoms. The minimum Gasteiger partial charge on any atom is -0.744 e. The second-order valence-corrected chi connectivity index (χ2v) is 6.27. The van der Waals surface area contributed by atoms with Crippen LogP contribution in [-0.4, -0.2) is 25.8 Å². The van der Waals surface area contributed by atoms with Gasteiger partial charge in [-0.15, -0.1) is 11.3 Å². The van der Waals surface area contributed by atoms with Crippen LogP contribution < -0.4 is 44.3 Å². The molecule has 3 rings (SSSR count). The Morgan fingerprint density at radius 2 is 2.05 bits per heavy atom. The van der Waals surface area contributed by atoms with Gasteiger partial charge in [0.2, 0.25) is 6.23 Å². The number of nitrogens with one attached hydrogen (secondary N) is 1. The summed E-state index contributed by atoms with van der Waals surface area (Å²) in [7, 11) is -4.47. The number of thiophene rings is 1. The summed E-state index contributed by atoms with van der Waals surface area (Å²) in [6, 6.07) is 5.67. The van der Waals surface area contributed by atoms with Crippen LogP contribution in [-0.2, 0) is 10.1 Å². The van der Waals surface area contributed by atoms with Gasteiger partial charge in [0.1, 0.15) is 16.7 Å². The van der Waals surface area contributed by atoms with E-state index >= 15 is 0 Å². The largest absolute Gasteiger partial charge is 1.00 e. The number of fused-ring (bicyclic) bond motifs is 1. The molecular weight excluding hydrogens is 325 g/mol. The summed E-state index contributed by atoms with van der Waals surface area (Å²) in [6.45, 7) is 0.290. The first-order valence-electron chi connectivity index (χ1n) is 5.70. The first-order valence-corrected chi connectivity index (χ1v) is 8.05. The molecule has 1 unspecified atom stereocenters. The summed E-state index contributed by atoms with van der Waals surface area (Å²) in [6.07, 6.45) is -0.443. The molecule has 2 aromatic rings. The summed E-state index contributed by atoms with van der Waals surface area (Å²) >= 11 is 1.47. The van der Waals surface area contributed by atoms with E-state index in [1.54, 1.807) is 6.07 Å². The Hall–Kier alpha value is -0.770. The van der Waals surface area contributed by atoms with Crippen LogP contribution >= 0.6 is 11.3 Å². The van der Waals surface area contributed by atoms with Crippen molar-refractivity contribution < 1.29 is 52.0 Å². The zero-order valence-electron chi connectivity index (χ0n) is 11.1. The monoisotopic (exact) mass is 335 g/mol. The Balaban J connectivity index is 0.00000161. The van der Waals surface area contributed by atoms with Crippen LogP contribution in [0.3, 0.4) is 0 Å². The summed E-state index contributed by atoms with van der Waals surface area (Å²) in [5.41, 5.74) is 0.481. The van der Waals surface area contributed by atoms with Gasteiger partial charge in [-0.1, -0.05) is 6.07 Å². The van der Waals surface area contributed by atoms with Crippen LogP contribution in [0.4, 0.5) is 5.69 Å².